The van der Waals surface area contributed by atoms with Crippen molar-refractivity contribution in [2.45, 2.75) is 0 Å². The van der Waals surface area contributed by atoms with E-state index in [2.05, 4.69) is 20.9 Å². The van der Waals surface area contributed by atoms with Crippen LogP contribution in [0.4, 0.5) is 4.39 Å². The predicted octanol–water partition coefficient (Wildman–Crippen LogP) is 3.88. The summed E-state index contributed by atoms with van der Waals surface area (Å²) in [4.78, 5) is 15.6. The molecule has 0 radical (unpaired) electrons. The highest BCUT2D eigenvalue weighted by molar-refractivity contribution is 9.10. The molecule has 0 aliphatic heterocycles. The Hall–Kier alpha value is -1.81. The van der Waals surface area contributed by atoms with Crippen LogP contribution >= 0.6 is 15.9 Å². The first-order valence-electron chi connectivity index (χ1n) is 5.24. The van der Waals surface area contributed by atoms with Gasteiger partial charge in [-0.25, -0.2) is 4.39 Å². The molecule has 0 aliphatic rings. The van der Waals surface area contributed by atoms with E-state index in [1.54, 1.807) is 30.5 Å². The number of benzene rings is 1. The van der Waals surface area contributed by atoms with Crippen molar-refractivity contribution in [3.63, 3.8) is 0 Å². The number of nitrogens with zero attached hydrogens (tertiary/aromatic N) is 1. The molecular weight excluding hydrogens is 297 g/mol. The molecule has 1 aromatic heterocycles. The molecule has 2 rings (SSSR count). The number of ketones is 1. The third-order valence-corrected chi connectivity index (χ3v) is 2.82. The van der Waals surface area contributed by atoms with Gasteiger partial charge in [-0.2, -0.15) is 0 Å². The molecule has 4 heteroatoms. The molecule has 0 unspecified atom stereocenters. The van der Waals surface area contributed by atoms with Crippen LogP contribution in [-0.2, 0) is 0 Å². The molecule has 0 saturated carbocycles. The van der Waals surface area contributed by atoms with Gasteiger partial charge >= 0.3 is 0 Å². The summed E-state index contributed by atoms with van der Waals surface area (Å²) in [6, 6.07) is 8.02. The van der Waals surface area contributed by atoms with E-state index in [9.17, 15) is 9.18 Å². The second-order valence-electron chi connectivity index (χ2n) is 3.61. The van der Waals surface area contributed by atoms with E-state index < -0.39 is 0 Å². The Kier molecular flexibility index (Phi) is 3.99. The van der Waals surface area contributed by atoms with Crippen LogP contribution < -0.4 is 0 Å². The predicted molar refractivity (Wildman–Crippen MR) is 71.7 cm³/mol. The van der Waals surface area contributed by atoms with E-state index in [0.717, 1.165) is 0 Å². The summed E-state index contributed by atoms with van der Waals surface area (Å²) in [6.45, 7) is 0. The number of halogens is 2. The minimum Gasteiger partial charge on any atom is -0.289 e. The van der Waals surface area contributed by atoms with Crippen molar-refractivity contribution in [2.75, 3.05) is 0 Å². The number of allylic oxidation sites excluding steroid dienone is 1. The summed E-state index contributed by atoms with van der Waals surface area (Å²) in [5, 5.41) is 0. The standard InChI is InChI=1S/C14H9BrFNO/c15-12-5-3-10(13(16)8-12)4-6-14(18)11-2-1-7-17-9-11/h1-9H/b6-4+. The van der Waals surface area contributed by atoms with Crippen LogP contribution in [0.5, 0.6) is 0 Å². The number of rotatable bonds is 3. The lowest BCUT2D eigenvalue weighted by atomic mass is 10.1. The highest BCUT2D eigenvalue weighted by atomic mass is 79.9. The Morgan fingerprint density at radius 3 is 2.83 bits per heavy atom. The van der Waals surface area contributed by atoms with Gasteiger partial charge in [-0.15, -0.1) is 0 Å². The molecule has 0 aliphatic carbocycles. The van der Waals surface area contributed by atoms with Crippen LogP contribution in [0.15, 0.2) is 53.3 Å². The van der Waals surface area contributed by atoms with E-state index in [4.69, 9.17) is 0 Å². The summed E-state index contributed by atoms with van der Waals surface area (Å²) < 4.78 is 14.2. The fraction of sp³-hybridized carbons (Fsp3) is 0. The number of carbonyl (C=O) groups excluding carboxylic acids is 1. The molecule has 1 heterocycles. The SMILES string of the molecule is O=C(/C=C/c1ccc(Br)cc1F)c1cccnc1. The summed E-state index contributed by atoms with van der Waals surface area (Å²) in [5.41, 5.74) is 0.849. The van der Waals surface area contributed by atoms with Gasteiger partial charge in [-0.05, 0) is 36.4 Å². The lowest BCUT2D eigenvalue weighted by Gasteiger charge is -1.97. The third kappa shape index (κ3) is 3.11. The molecule has 0 atom stereocenters. The molecule has 0 saturated heterocycles. The molecule has 0 N–H and O–H groups in total. The van der Waals surface area contributed by atoms with Crippen molar-refractivity contribution in [1.82, 2.24) is 4.98 Å². The average Bonchev–Trinajstić information content (AvgIpc) is 2.38. The van der Waals surface area contributed by atoms with Crippen LogP contribution in [0.3, 0.4) is 0 Å². The van der Waals surface area contributed by atoms with E-state index in [1.807, 2.05) is 0 Å². The van der Waals surface area contributed by atoms with Crippen LogP contribution in [0.2, 0.25) is 0 Å². The third-order valence-electron chi connectivity index (χ3n) is 2.32. The van der Waals surface area contributed by atoms with Gasteiger partial charge in [0.05, 0.1) is 0 Å². The summed E-state index contributed by atoms with van der Waals surface area (Å²) >= 11 is 3.17. The van der Waals surface area contributed by atoms with Crippen molar-refractivity contribution in [3.05, 3.63) is 70.2 Å². The van der Waals surface area contributed by atoms with Crippen molar-refractivity contribution in [2.24, 2.45) is 0 Å². The van der Waals surface area contributed by atoms with E-state index >= 15 is 0 Å². The fourth-order valence-electron chi connectivity index (χ4n) is 1.41. The van der Waals surface area contributed by atoms with Crippen molar-refractivity contribution in [3.8, 4) is 0 Å². The maximum Gasteiger partial charge on any atom is 0.187 e. The molecule has 2 nitrogen and oxygen atoms in total. The molecule has 0 bridgehead atoms. The summed E-state index contributed by atoms with van der Waals surface area (Å²) in [7, 11) is 0. The maximum atomic E-state index is 13.5. The van der Waals surface area contributed by atoms with Gasteiger partial charge in [0.25, 0.3) is 0 Å². The minimum atomic E-state index is -0.375. The second-order valence-corrected chi connectivity index (χ2v) is 4.52. The van der Waals surface area contributed by atoms with Crippen LogP contribution in [0.1, 0.15) is 15.9 Å². The van der Waals surface area contributed by atoms with E-state index in [-0.39, 0.29) is 11.6 Å². The zero-order valence-corrected chi connectivity index (χ0v) is 10.9. The monoisotopic (exact) mass is 305 g/mol. The molecule has 0 fully saturated rings. The number of pyridine rings is 1. The Labute approximate surface area is 112 Å². The average molecular weight is 306 g/mol. The zero-order valence-electron chi connectivity index (χ0n) is 9.31. The number of hydrogen-bond acceptors (Lipinski definition) is 2. The number of aromatic nitrogens is 1. The Morgan fingerprint density at radius 1 is 1.33 bits per heavy atom. The van der Waals surface area contributed by atoms with Gasteiger partial charge in [0.2, 0.25) is 0 Å². The highest BCUT2D eigenvalue weighted by Gasteiger charge is 2.02. The van der Waals surface area contributed by atoms with Gasteiger partial charge in [-0.3, -0.25) is 9.78 Å². The van der Waals surface area contributed by atoms with Crippen molar-refractivity contribution in [1.29, 1.82) is 0 Å². The lowest BCUT2D eigenvalue weighted by molar-refractivity contribution is 0.104. The van der Waals surface area contributed by atoms with Gasteiger partial charge in [0.15, 0.2) is 5.78 Å². The van der Waals surface area contributed by atoms with Crippen molar-refractivity contribution < 1.29 is 9.18 Å². The quantitative estimate of drug-likeness (QED) is 0.636. The van der Waals surface area contributed by atoms with Crippen LogP contribution in [0, 0.1) is 5.82 Å². The zero-order chi connectivity index (χ0) is 13.0. The topological polar surface area (TPSA) is 30.0 Å². The Morgan fingerprint density at radius 2 is 2.17 bits per heavy atom. The minimum absolute atomic E-state index is 0.203. The van der Waals surface area contributed by atoms with Gasteiger partial charge in [-0.1, -0.05) is 22.0 Å². The first-order chi connectivity index (χ1) is 8.66. The molecule has 1 aromatic carbocycles. The maximum absolute atomic E-state index is 13.5. The van der Waals surface area contributed by atoms with Gasteiger partial charge < -0.3 is 0 Å². The fourth-order valence-corrected chi connectivity index (χ4v) is 1.74. The molecule has 18 heavy (non-hydrogen) atoms. The second kappa shape index (κ2) is 5.69. The molecule has 0 spiro atoms. The summed E-state index contributed by atoms with van der Waals surface area (Å²) in [5.74, 6) is -0.579. The van der Waals surface area contributed by atoms with E-state index in [0.29, 0.717) is 15.6 Å². The van der Waals surface area contributed by atoms with Crippen LogP contribution in [0.25, 0.3) is 6.08 Å². The largest absolute Gasteiger partial charge is 0.289 e. The Balaban J connectivity index is 2.19. The normalized spacial score (nSPS) is 10.8. The first kappa shape index (κ1) is 12.6. The van der Waals surface area contributed by atoms with Crippen LogP contribution in [-0.4, -0.2) is 10.8 Å². The molecular formula is C14H9BrFNO. The van der Waals surface area contributed by atoms with Crippen molar-refractivity contribution >= 4 is 27.8 Å². The number of hydrogen-bond donors (Lipinski definition) is 0. The van der Waals surface area contributed by atoms with Gasteiger partial charge in [0.1, 0.15) is 5.82 Å². The first-order valence-corrected chi connectivity index (χ1v) is 6.03. The Bertz CT molecular complexity index is 596. The smallest absolute Gasteiger partial charge is 0.187 e. The van der Waals surface area contributed by atoms with E-state index in [1.165, 1.54) is 24.4 Å². The molecule has 90 valence electrons. The highest BCUT2D eigenvalue weighted by Crippen LogP contribution is 2.16. The number of carbonyl (C=O) groups is 1. The molecule has 0 amide bonds. The van der Waals surface area contributed by atoms with Gasteiger partial charge in [0, 0.05) is 28.0 Å². The molecule has 2 aromatic rings. The summed E-state index contributed by atoms with van der Waals surface area (Å²) in [6.07, 6.45) is 5.86. The lowest BCUT2D eigenvalue weighted by Crippen LogP contribution is -1.94.